The quantitative estimate of drug-likeness (QED) is 0.514. The monoisotopic (exact) mass is 427 g/mol. The minimum atomic E-state index is -0.128. The second kappa shape index (κ2) is 10.1. The molecule has 29 heavy (non-hydrogen) atoms. The molecule has 6 nitrogen and oxygen atoms in total. The van der Waals surface area contributed by atoms with Crippen molar-refractivity contribution in [1.82, 2.24) is 4.98 Å². The van der Waals surface area contributed by atoms with Gasteiger partial charge in [-0.25, -0.2) is 4.98 Å². The molecule has 0 aliphatic carbocycles. The SMILES string of the molecule is COc1ccccc1NC(=O)Cc1nc(CSc2ccc(NC(C)=O)cc2)cs1. The molecule has 2 N–H and O–H groups in total. The van der Waals surface area contributed by atoms with Gasteiger partial charge in [0.2, 0.25) is 11.8 Å². The van der Waals surface area contributed by atoms with Gasteiger partial charge in [0, 0.05) is 28.6 Å². The van der Waals surface area contributed by atoms with Gasteiger partial charge in [-0.2, -0.15) is 0 Å². The number of carbonyl (C=O) groups excluding carboxylic acids is 2. The highest BCUT2D eigenvalue weighted by molar-refractivity contribution is 7.98. The fourth-order valence-electron chi connectivity index (χ4n) is 2.57. The second-order valence-electron chi connectivity index (χ2n) is 6.15. The molecule has 0 saturated carbocycles. The van der Waals surface area contributed by atoms with Crippen LogP contribution in [0.2, 0.25) is 0 Å². The molecule has 0 aliphatic heterocycles. The second-order valence-corrected chi connectivity index (χ2v) is 8.14. The summed E-state index contributed by atoms with van der Waals surface area (Å²) in [5, 5.41) is 8.36. The molecule has 0 bridgehead atoms. The molecule has 8 heteroatoms. The summed E-state index contributed by atoms with van der Waals surface area (Å²) in [5.74, 6) is 1.12. The summed E-state index contributed by atoms with van der Waals surface area (Å²) < 4.78 is 5.25. The predicted molar refractivity (Wildman–Crippen MR) is 118 cm³/mol. The van der Waals surface area contributed by atoms with Crippen molar-refractivity contribution >= 4 is 46.3 Å². The highest BCUT2D eigenvalue weighted by atomic mass is 32.2. The van der Waals surface area contributed by atoms with Crippen LogP contribution in [-0.4, -0.2) is 23.9 Å². The normalized spacial score (nSPS) is 10.4. The summed E-state index contributed by atoms with van der Waals surface area (Å²) in [6.45, 7) is 1.49. The first-order valence-electron chi connectivity index (χ1n) is 8.90. The number of anilines is 2. The number of rotatable bonds is 8. The van der Waals surface area contributed by atoms with Gasteiger partial charge in [0.1, 0.15) is 10.8 Å². The Labute approximate surface area is 177 Å². The fraction of sp³-hybridized carbons (Fsp3) is 0.190. The number of hydrogen-bond donors (Lipinski definition) is 2. The molecule has 1 aromatic heterocycles. The van der Waals surface area contributed by atoms with E-state index >= 15 is 0 Å². The predicted octanol–water partition coefficient (Wildman–Crippen LogP) is 4.58. The number of nitrogens with one attached hydrogen (secondary N) is 2. The van der Waals surface area contributed by atoms with Crippen molar-refractivity contribution in [2.45, 2.75) is 24.0 Å². The van der Waals surface area contributed by atoms with Gasteiger partial charge in [-0.05, 0) is 36.4 Å². The molecule has 0 spiro atoms. The van der Waals surface area contributed by atoms with E-state index in [1.54, 1.807) is 31.0 Å². The molecule has 0 atom stereocenters. The number of benzene rings is 2. The van der Waals surface area contributed by atoms with Crippen LogP contribution in [0.15, 0.2) is 58.8 Å². The summed E-state index contributed by atoms with van der Waals surface area (Å²) in [4.78, 5) is 29.0. The van der Waals surface area contributed by atoms with Crippen molar-refractivity contribution in [1.29, 1.82) is 0 Å². The lowest BCUT2D eigenvalue weighted by Gasteiger charge is -2.08. The smallest absolute Gasteiger partial charge is 0.231 e. The largest absolute Gasteiger partial charge is 0.495 e. The first-order chi connectivity index (χ1) is 14.0. The minimum absolute atomic E-state index is 0.0878. The van der Waals surface area contributed by atoms with Gasteiger partial charge < -0.3 is 15.4 Å². The van der Waals surface area contributed by atoms with E-state index in [2.05, 4.69) is 15.6 Å². The molecule has 2 aromatic carbocycles. The molecule has 2 amide bonds. The summed E-state index contributed by atoms with van der Waals surface area (Å²) in [7, 11) is 1.57. The topological polar surface area (TPSA) is 80.3 Å². The first-order valence-corrected chi connectivity index (χ1v) is 10.8. The number of para-hydroxylation sites is 2. The minimum Gasteiger partial charge on any atom is -0.495 e. The number of nitrogens with zero attached hydrogens (tertiary/aromatic N) is 1. The van der Waals surface area contributed by atoms with Crippen LogP contribution < -0.4 is 15.4 Å². The molecule has 3 aromatic rings. The number of ether oxygens (including phenoxy) is 1. The Kier molecular flexibility index (Phi) is 7.26. The third kappa shape index (κ3) is 6.33. The number of thioether (sulfide) groups is 1. The summed E-state index contributed by atoms with van der Waals surface area (Å²) >= 11 is 3.13. The zero-order valence-corrected chi connectivity index (χ0v) is 17.7. The molecule has 0 saturated heterocycles. The lowest BCUT2D eigenvalue weighted by Crippen LogP contribution is -2.14. The molecule has 0 aliphatic rings. The Hall–Kier alpha value is -2.84. The van der Waals surface area contributed by atoms with Gasteiger partial charge in [-0.1, -0.05) is 12.1 Å². The molecule has 0 unspecified atom stereocenters. The Morgan fingerprint density at radius 2 is 1.86 bits per heavy atom. The third-order valence-electron chi connectivity index (χ3n) is 3.85. The third-order valence-corrected chi connectivity index (χ3v) is 5.80. The molecular formula is C21H21N3O3S2. The van der Waals surface area contributed by atoms with Crippen molar-refractivity contribution in [2.24, 2.45) is 0 Å². The molecule has 3 rings (SSSR count). The summed E-state index contributed by atoms with van der Waals surface area (Å²) in [6, 6.07) is 15.0. The molecule has 150 valence electrons. The van der Waals surface area contributed by atoms with E-state index in [1.165, 1.54) is 18.3 Å². The van der Waals surface area contributed by atoms with Gasteiger partial charge in [0.05, 0.1) is 24.9 Å². The van der Waals surface area contributed by atoms with Crippen LogP contribution in [-0.2, 0) is 21.8 Å². The van der Waals surface area contributed by atoms with Crippen molar-refractivity contribution < 1.29 is 14.3 Å². The number of hydrogen-bond acceptors (Lipinski definition) is 6. The van der Waals surface area contributed by atoms with Crippen LogP contribution in [0.1, 0.15) is 17.6 Å². The Balaban J connectivity index is 1.51. The van der Waals surface area contributed by atoms with E-state index in [4.69, 9.17) is 4.74 Å². The average molecular weight is 428 g/mol. The van der Waals surface area contributed by atoms with Gasteiger partial charge >= 0.3 is 0 Å². The lowest BCUT2D eigenvalue weighted by molar-refractivity contribution is -0.116. The van der Waals surface area contributed by atoms with E-state index in [9.17, 15) is 9.59 Å². The van der Waals surface area contributed by atoms with Crippen molar-refractivity contribution in [3.8, 4) is 5.75 Å². The number of aromatic nitrogens is 1. The van der Waals surface area contributed by atoms with Crippen LogP contribution in [0.5, 0.6) is 5.75 Å². The van der Waals surface area contributed by atoms with Crippen molar-refractivity contribution in [3.05, 3.63) is 64.6 Å². The Bertz CT molecular complexity index is 987. The van der Waals surface area contributed by atoms with E-state index in [-0.39, 0.29) is 18.2 Å². The Morgan fingerprint density at radius 3 is 2.59 bits per heavy atom. The molecule has 0 fully saturated rings. The van der Waals surface area contributed by atoms with Crippen LogP contribution in [0.3, 0.4) is 0 Å². The maximum atomic E-state index is 12.3. The van der Waals surface area contributed by atoms with Crippen LogP contribution in [0.25, 0.3) is 0 Å². The van der Waals surface area contributed by atoms with E-state index in [0.29, 0.717) is 17.2 Å². The van der Waals surface area contributed by atoms with E-state index in [1.807, 2.05) is 41.8 Å². The average Bonchev–Trinajstić information content (AvgIpc) is 3.14. The summed E-state index contributed by atoms with van der Waals surface area (Å²) in [5.41, 5.74) is 2.36. The van der Waals surface area contributed by atoms with E-state index < -0.39 is 0 Å². The van der Waals surface area contributed by atoms with Crippen LogP contribution >= 0.6 is 23.1 Å². The van der Waals surface area contributed by atoms with Crippen molar-refractivity contribution in [3.63, 3.8) is 0 Å². The van der Waals surface area contributed by atoms with Crippen molar-refractivity contribution in [2.75, 3.05) is 17.7 Å². The molecule has 1 heterocycles. The Morgan fingerprint density at radius 1 is 1.10 bits per heavy atom. The maximum Gasteiger partial charge on any atom is 0.231 e. The maximum absolute atomic E-state index is 12.3. The number of amides is 2. The fourth-order valence-corrected chi connectivity index (χ4v) is 4.26. The zero-order valence-electron chi connectivity index (χ0n) is 16.1. The number of carbonyl (C=O) groups is 2. The van der Waals surface area contributed by atoms with Gasteiger partial charge in [0.15, 0.2) is 0 Å². The number of methoxy groups -OCH3 is 1. The highest BCUT2D eigenvalue weighted by Crippen LogP contribution is 2.26. The van der Waals surface area contributed by atoms with Crippen LogP contribution in [0, 0.1) is 0 Å². The molecular weight excluding hydrogens is 406 g/mol. The van der Waals surface area contributed by atoms with Gasteiger partial charge in [-0.15, -0.1) is 23.1 Å². The number of thiazole rings is 1. The lowest BCUT2D eigenvalue weighted by atomic mass is 10.3. The standard InChI is InChI=1S/C21H21N3O3S2/c1-14(25)22-15-7-9-17(10-8-15)28-12-16-13-29-21(23-16)11-20(26)24-18-5-3-4-6-19(18)27-2/h3-10,13H,11-12H2,1-2H3,(H,22,25)(H,24,26). The van der Waals surface area contributed by atoms with Gasteiger partial charge in [-0.3, -0.25) is 9.59 Å². The first kappa shape index (κ1) is 20.9. The van der Waals surface area contributed by atoms with E-state index in [0.717, 1.165) is 21.3 Å². The zero-order chi connectivity index (χ0) is 20.6. The molecule has 0 radical (unpaired) electrons. The highest BCUT2D eigenvalue weighted by Gasteiger charge is 2.11. The van der Waals surface area contributed by atoms with Crippen LogP contribution in [0.4, 0.5) is 11.4 Å². The van der Waals surface area contributed by atoms with Gasteiger partial charge in [0.25, 0.3) is 0 Å². The summed E-state index contributed by atoms with van der Waals surface area (Å²) in [6.07, 6.45) is 0.221.